The number of hydrogen-bond acceptors (Lipinski definition) is 6. The van der Waals surface area contributed by atoms with Gasteiger partial charge in [0.25, 0.3) is 25.7 Å². The summed E-state index contributed by atoms with van der Waals surface area (Å²) in [5.74, 6) is -1.45. The number of rotatable bonds is 4. The lowest BCUT2D eigenvalue weighted by Crippen LogP contribution is -2.43. The van der Waals surface area contributed by atoms with Crippen LogP contribution in [0.1, 0.15) is 22.6 Å². The van der Waals surface area contributed by atoms with Gasteiger partial charge in [-0.25, -0.2) is 8.42 Å². The topological polar surface area (TPSA) is 130 Å². The van der Waals surface area contributed by atoms with E-state index in [1.165, 1.54) is 30.3 Å². The number of aromatic nitrogens is 1. The van der Waals surface area contributed by atoms with Gasteiger partial charge in [-0.3, -0.25) is 10.1 Å². The van der Waals surface area contributed by atoms with E-state index in [2.05, 4.69) is 4.98 Å². The molecule has 34 heavy (non-hydrogen) atoms. The van der Waals surface area contributed by atoms with Crippen LogP contribution in [-0.4, -0.2) is 32.5 Å². The molecule has 0 radical (unpaired) electrons. The summed E-state index contributed by atoms with van der Waals surface area (Å²) in [5.41, 5.74) is 2.09. The summed E-state index contributed by atoms with van der Waals surface area (Å²) >= 11 is 0. The van der Waals surface area contributed by atoms with E-state index < -0.39 is 36.6 Å². The SMILES string of the molecule is Cc1ccc(S(=O)(=O)N2c3[nH]c4ccccc4c3C(c3cccc([N+](=O)[O-])c3)CS2(=O)=O)cc1. The van der Waals surface area contributed by atoms with Gasteiger partial charge in [0.1, 0.15) is 5.82 Å². The first-order valence-corrected chi connectivity index (χ1v) is 13.3. The van der Waals surface area contributed by atoms with Gasteiger partial charge in [-0.05, 0) is 30.7 Å². The number of aromatic amines is 1. The molecule has 5 rings (SSSR count). The number of benzene rings is 3. The van der Waals surface area contributed by atoms with Crippen LogP contribution in [-0.2, 0) is 20.0 Å². The van der Waals surface area contributed by atoms with Crippen molar-refractivity contribution in [1.82, 2.24) is 4.98 Å². The minimum atomic E-state index is -4.47. The Kier molecular flexibility index (Phi) is 4.99. The first kappa shape index (κ1) is 22.1. The monoisotopic (exact) mass is 497 g/mol. The second kappa shape index (κ2) is 7.67. The Hall–Kier alpha value is -3.70. The maximum absolute atomic E-state index is 13.6. The van der Waals surface area contributed by atoms with Crippen LogP contribution in [0.25, 0.3) is 10.9 Å². The minimum absolute atomic E-state index is 0.0791. The molecule has 0 bridgehead atoms. The van der Waals surface area contributed by atoms with Crippen LogP contribution in [0, 0.1) is 17.0 Å². The van der Waals surface area contributed by atoms with E-state index in [1.807, 2.05) is 0 Å². The standard InChI is InChI=1S/C23H19N3O6S2/c1-15-9-11-18(12-10-15)34(31,32)26-23-22(19-7-2-3-8-21(19)24-23)20(14-33(26,29)30)16-5-4-6-17(13-16)25(27)28/h2-13,20,24H,14H2,1H3. The van der Waals surface area contributed by atoms with Crippen molar-refractivity contribution < 1.29 is 21.8 Å². The molecule has 0 amide bonds. The van der Waals surface area contributed by atoms with Crippen LogP contribution >= 0.6 is 0 Å². The fourth-order valence-corrected chi connectivity index (χ4v) is 8.37. The van der Waals surface area contributed by atoms with E-state index in [4.69, 9.17) is 0 Å². The molecule has 1 N–H and O–H groups in total. The van der Waals surface area contributed by atoms with Crippen LogP contribution in [0.4, 0.5) is 11.5 Å². The molecule has 0 saturated carbocycles. The Morgan fingerprint density at radius 3 is 2.44 bits per heavy atom. The van der Waals surface area contributed by atoms with Crippen LogP contribution in [0.3, 0.4) is 0 Å². The van der Waals surface area contributed by atoms with Crippen LogP contribution < -0.4 is 3.71 Å². The Morgan fingerprint density at radius 2 is 1.74 bits per heavy atom. The normalized spacial score (nSPS) is 17.4. The predicted octanol–water partition coefficient (Wildman–Crippen LogP) is 4.06. The maximum atomic E-state index is 13.6. The molecule has 0 fully saturated rings. The van der Waals surface area contributed by atoms with Crippen molar-refractivity contribution in [3.8, 4) is 0 Å². The molecule has 11 heteroatoms. The molecule has 3 aromatic carbocycles. The Balaban J connectivity index is 1.79. The van der Waals surface area contributed by atoms with Crippen molar-refractivity contribution in [2.24, 2.45) is 0 Å². The number of nitro benzene ring substituents is 1. The Morgan fingerprint density at radius 1 is 1.03 bits per heavy atom. The van der Waals surface area contributed by atoms with Crippen molar-refractivity contribution in [2.45, 2.75) is 17.7 Å². The number of fused-ring (bicyclic) bond motifs is 3. The van der Waals surface area contributed by atoms with Gasteiger partial charge in [-0.15, -0.1) is 3.71 Å². The lowest BCUT2D eigenvalue weighted by Gasteiger charge is -2.32. The third-order valence-corrected chi connectivity index (χ3v) is 10.1. The molecule has 174 valence electrons. The van der Waals surface area contributed by atoms with Gasteiger partial charge in [-0.2, -0.15) is 8.42 Å². The molecule has 9 nitrogen and oxygen atoms in total. The number of nitrogens with zero attached hydrogens (tertiary/aromatic N) is 2. The number of hydrogen-bond donors (Lipinski definition) is 1. The molecule has 1 aliphatic rings. The van der Waals surface area contributed by atoms with Crippen molar-refractivity contribution in [3.63, 3.8) is 0 Å². The van der Waals surface area contributed by atoms with Gasteiger partial charge in [0.15, 0.2) is 0 Å². The summed E-state index contributed by atoms with van der Waals surface area (Å²) in [6, 6.07) is 18.7. The minimum Gasteiger partial charge on any atom is -0.339 e. The molecular formula is C23H19N3O6S2. The molecule has 0 aliphatic carbocycles. The summed E-state index contributed by atoms with van der Waals surface area (Å²) in [7, 11) is -8.86. The Labute approximate surface area is 195 Å². The lowest BCUT2D eigenvalue weighted by molar-refractivity contribution is -0.384. The highest BCUT2D eigenvalue weighted by atomic mass is 32.3. The largest absolute Gasteiger partial charge is 0.339 e. The number of H-pyrrole nitrogens is 1. The average Bonchev–Trinajstić information content (AvgIpc) is 3.16. The number of aryl methyl sites for hydroxylation is 1. The number of sulfonamides is 2. The maximum Gasteiger partial charge on any atom is 0.278 e. The Bertz CT molecular complexity index is 1660. The molecule has 1 aliphatic heterocycles. The number of nitro groups is 1. The van der Waals surface area contributed by atoms with E-state index in [1.54, 1.807) is 49.4 Å². The quantitative estimate of drug-likeness (QED) is 0.334. The van der Waals surface area contributed by atoms with Crippen molar-refractivity contribution >= 4 is 42.5 Å². The second-order valence-electron chi connectivity index (χ2n) is 8.13. The highest BCUT2D eigenvalue weighted by molar-refractivity contribution is 8.10. The summed E-state index contributed by atoms with van der Waals surface area (Å²) in [6.45, 7) is 1.80. The first-order valence-electron chi connectivity index (χ1n) is 10.3. The second-order valence-corrected chi connectivity index (χ2v) is 12.0. The zero-order valence-corrected chi connectivity index (χ0v) is 19.5. The fourth-order valence-electron chi connectivity index (χ4n) is 4.34. The van der Waals surface area contributed by atoms with Crippen LogP contribution in [0.5, 0.6) is 0 Å². The van der Waals surface area contributed by atoms with Crippen LogP contribution in [0.15, 0.2) is 77.7 Å². The van der Waals surface area contributed by atoms with Crippen molar-refractivity contribution in [3.05, 3.63) is 99.6 Å². The van der Waals surface area contributed by atoms with Gasteiger partial charge in [-0.1, -0.05) is 48.0 Å². The first-order chi connectivity index (χ1) is 16.1. The molecule has 2 heterocycles. The zero-order chi connectivity index (χ0) is 24.3. The van der Waals surface area contributed by atoms with Crippen molar-refractivity contribution in [2.75, 3.05) is 9.46 Å². The summed E-state index contributed by atoms with van der Waals surface area (Å²) in [6.07, 6.45) is 0. The van der Waals surface area contributed by atoms with E-state index in [0.29, 0.717) is 25.7 Å². The smallest absolute Gasteiger partial charge is 0.278 e. The average molecular weight is 498 g/mol. The van der Waals surface area contributed by atoms with Gasteiger partial charge in [0.2, 0.25) is 0 Å². The molecule has 0 spiro atoms. The van der Waals surface area contributed by atoms with E-state index in [-0.39, 0.29) is 16.4 Å². The molecule has 4 aromatic rings. The van der Waals surface area contributed by atoms with Gasteiger partial charge in [0, 0.05) is 34.5 Å². The molecular weight excluding hydrogens is 478 g/mol. The number of para-hydroxylation sites is 1. The highest BCUT2D eigenvalue weighted by Gasteiger charge is 2.46. The van der Waals surface area contributed by atoms with E-state index in [9.17, 15) is 26.9 Å². The van der Waals surface area contributed by atoms with Gasteiger partial charge < -0.3 is 4.98 Å². The van der Waals surface area contributed by atoms with Gasteiger partial charge in [0.05, 0.1) is 15.6 Å². The number of non-ortho nitro benzene ring substituents is 1. The van der Waals surface area contributed by atoms with Crippen molar-refractivity contribution in [1.29, 1.82) is 0 Å². The van der Waals surface area contributed by atoms with Gasteiger partial charge >= 0.3 is 0 Å². The molecule has 1 aromatic heterocycles. The van der Waals surface area contributed by atoms with E-state index >= 15 is 0 Å². The predicted molar refractivity (Wildman–Crippen MR) is 128 cm³/mol. The summed E-state index contributed by atoms with van der Waals surface area (Å²) < 4.78 is 54.6. The zero-order valence-electron chi connectivity index (χ0n) is 17.9. The fraction of sp³-hybridized carbons (Fsp3) is 0.130. The third-order valence-electron chi connectivity index (χ3n) is 5.91. The third kappa shape index (κ3) is 3.44. The summed E-state index contributed by atoms with van der Waals surface area (Å²) in [4.78, 5) is 13.6. The van der Waals surface area contributed by atoms with E-state index in [0.717, 1.165) is 5.56 Å². The molecule has 1 unspecified atom stereocenters. The molecule has 0 saturated heterocycles. The lowest BCUT2D eigenvalue weighted by atomic mass is 9.91. The van der Waals surface area contributed by atoms with Crippen LogP contribution in [0.2, 0.25) is 0 Å². The number of anilines is 1. The highest BCUT2D eigenvalue weighted by Crippen LogP contribution is 2.46. The summed E-state index contributed by atoms with van der Waals surface area (Å²) in [5, 5.41) is 12.0. The molecule has 1 atom stereocenters. The number of nitrogens with one attached hydrogen (secondary N) is 1.